The van der Waals surface area contributed by atoms with Crippen LogP contribution in [0.2, 0.25) is 18.1 Å². The minimum Gasteiger partial charge on any atom is -0.493 e. The predicted molar refractivity (Wildman–Crippen MR) is 129 cm³/mol. The molecule has 0 atom stereocenters. The highest BCUT2D eigenvalue weighted by molar-refractivity contribution is 6.74. The Morgan fingerprint density at radius 2 is 1.94 bits per heavy atom. The SMILES string of the molecule is C=C(CO[Si](C)(C)C(C)(C)C)c1cncc(-c2ccc(OC)c3c2CCC(C)(C)O3)n1. The molecule has 0 N–H and O–H groups in total. The summed E-state index contributed by atoms with van der Waals surface area (Å²) in [5.41, 5.74) is 4.35. The Kier molecular flexibility index (Phi) is 6.36. The highest BCUT2D eigenvalue weighted by atomic mass is 28.4. The first-order valence-corrected chi connectivity index (χ1v) is 13.8. The third-order valence-electron chi connectivity index (χ3n) is 6.49. The van der Waals surface area contributed by atoms with Crippen molar-refractivity contribution in [2.24, 2.45) is 0 Å². The van der Waals surface area contributed by atoms with Crippen molar-refractivity contribution in [1.29, 1.82) is 0 Å². The van der Waals surface area contributed by atoms with Gasteiger partial charge in [0.1, 0.15) is 5.60 Å². The van der Waals surface area contributed by atoms with Gasteiger partial charge in [0.2, 0.25) is 0 Å². The molecule has 2 heterocycles. The molecule has 0 saturated carbocycles. The Morgan fingerprint density at radius 3 is 2.58 bits per heavy atom. The lowest BCUT2D eigenvalue weighted by molar-refractivity contribution is 0.0806. The zero-order valence-electron chi connectivity index (χ0n) is 20.3. The number of fused-ring (bicyclic) bond motifs is 1. The summed E-state index contributed by atoms with van der Waals surface area (Å²) in [7, 11) is -0.188. The minimum absolute atomic E-state index is 0.150. The first-order valence-electron chi connectivity index (χ1n) is 10.9. The number of hydrogen-bond acceptors (Lipinski definition) is 5. The normalized spacial score (nSPS) is 15.7. The molecule has 1 aromatic heterocycles. The molecule has 0 bridgehead atoms. The first kappa shape index (κ1) is 23.5. The van der Waals surface area contributed by atoms with Crippen LogP contribution < -0.4 is 9.47 Å². The minimum atomic E-state index is -1.86. The molecule has 0 saturated heterocycles. The monoisotopic (exact) mass is 440 g/mol. The van der Waals surface area contributed by atoms with Crippen molar-refractivity contribution in [2.75, 3.05) is 13.7 Å². The molecule has 0 aliphatic carbocycles. The Bertz CT molecular complexity index is 977. The van der Waals surface area contributed by atoms with Crippen LogP contribution >= 0.6 is 0 Å². The van der Waals surface area contributed by atoms with Crippen LogP contribution in [0.4, 0.5) is 0 Å². The van der Waals surface area contributed by atoms with E-state index in [-0.39, 0.29) is 10.6 Å². The Balaban J connectivity index is 1.90. The summed E-state index contributed by atoms with van der Waals surface area (Å²) in [5.74, 6) is 1.56. The van der Waals surface area contributed by atoms with Crippen molar-refractivity contribution in [3.63, 3.8) is 0 Å². The van der Waals surface area contributed by atoms with E-state index in [1.54, 1.807) is 19.5 Å². The number of nitrogens with zero attached hydrogens (tertiary/aromatic N) is 2. The van der Waals surface area contributed by atoms with Crippen LogP contribution in [0.1, 0.15) is 52.3 Å². The Labute approximate surface area is 188 Å². The van der Waals surface area contributed by atoms with Gasteiger partial charge in [-0.3, -0.25) is 4.98 Å². The first-order chi connectivity index (χ1) is 14.3. The van der Waals surface area contributed by atoms with Crippen molar-refractivity contribution < 1.29 is 13.9 Å². The van der Waals surface area contributed by atoms with E-state index >= 15 is 0 Å². The molecule has 0 radical (unpaired) electrons. The second-order valence-corrected chi connectivity index (χ2v) is 15.2. The van der Waals surface area contributed by atoms with Gasteiger partial charge in [0.15, 0.2) is 19.8 Å². The molecule has 5 nitrogen and oxygen atoms in total. The summed E-state index contributed by atoms with van der Waals surface area (Å²) in [5, 5.41) is 0.150. The number of hydrogen-bond donors (Lipinski definition) is 0. The molecule has 2 aromatic rings. The van der Waals surface area contributed by atoms with Gasteiger partial charge < -0.3 is 13.9 Å². The number of benzene rings is 1. The highest BCUT2D eigenvalue weighted by Crippen LogP contribution is 2.44. The van der Waals surface area contributed by atoms with E-state index in [2.05, 4.69) is 59.3 Å². The summed E-state index contributed by atoms with van der Waals surface area (Å²) in [4.78, 5) is 9.34. The maximum Gasteiger partial charge on any atom is 0.192 e. The van der Waals surface area contributed by atoms with Gasteiger partial charge in [-0.25, -0.2) is 4.98 Å². The zero-order valence-corrected chi connectivity index (χ0v) is 21.3. The van der Waals surface area contributed by atoms with Crippen molar-refractivity contribution in [1.82, 2.24) is 9.97 Å². The molecule has 1 aliphatic heterocycles. The summed E-state index contributed by atoms with van der Waals surface area (Å²) >= 11 is 0. The van der Waals surface area contributed by atoms with Crippen LogP contribution in [0.25, 0.3) is 16.8 Å². The summed E-state index contributed by atoms with van der Waals surface area (Å²) < 4.78 is 18.2. The van der Waals surface area contributed by atoms with Crippen LogP contribution in [0.15, 0.2) is 31.1 Å². The molecule has 0 fully saturated rings. The molecule has 31 heavy (non-hydrogen) atoms. The van der Waals surface area contributed by atoms with E-state index in [0.29, 0.717) is 6.61 Å². The Hall–Kier alpha value is -2.18. The molecule has 0 spiro atoms. The molecule has 0 unspecified atom stereocenters. The van der Waals surface area contributed by atoms with Gasteiger partial charge in [-0.1, -0.05) is 27.4 Å². The molecule has 3 rings (SSSR count). The quantitative estimate of drug-likeness (QED) is 0.494. The third kappa shape index (κ3) is 5.01. The fourth-order valence-electron chi connectivity index (χ4n) is 3.34. The second kappa shape index (κ2) is 8.39. The average Bonchev–Trinajstić information content (AvgIpc) is 2.69. The lowest BCUT2D eigenvalue weighted by Gasteiger charge is -2.36. The molecular weight excluding hydrogens is 404 g/mol. The van der Waals surface area contributed by atoms with Crippen molar-refractivity contribution in [2.45, 2.75) is 71.2 Å². The van der Waals surface area contributed by atoms with Crippen LogP contribution in [-0.2, 0) is 10.8 Å². The summed E-state index contributed by atoms with van der Waals surface area (Å²) in [6, 6.07) is 3.99. The maximum absolute atomic E-state index is 6.33. The standard InChI is InChI=1S/C25H36N2O3Si/c1-17(16-29-31(8,9)24(2,3)4)20-14-26-15-21(27-20)18-10-11-22(28-7)23-19(18)12-13-25(5,6)30-23/h10-11,14-15H,1,12-13,16H2,2-9H3. The van der Waals surface area contributed by atoms with Gasteiger partial charge in [-0.15, -0.1) is 0 Å². The van der Waals surface area contributed by atoms with Crippen molar-refractivity contribution >= 4 is 13.9 Å². The molecular formula is C25H36N2O3Si. The second-order valence-electron chi connectivity index (χ2n) is 10.4. The average molecular weight is 441 g/mol. The highest BCUT2D eigenvalue weighted by Gasteiger charge is 2.37. The van der Waals surface area contributed by atoms with Crippen LogP contribution in [-0.4, -0.2) is 37.6 Å². The molecule has 1 aliphatic rings. The van der Waals surface area contributed by atoms with Gasteiger partial charge in [-0.05, 0) is 62.5 Å². The number of ether oxygens (including phenoxy) is 2. The molecule has 1 aromatic carbocycles. The number of methoxy groups -OCH3 is 1. The fourth-order valence-corrected chi connectivity index (χ4v) is 4.31. The van der Waals surface area contributed by atoms with Crippen LogP contribution in [0, 0.1) is 0 Å². The molecule has 0 amide bonds. The van der Waals surface area contributed by atoms with E-state index in [9.17, 15) is 0 Å². The Morgan fingerprint density at radius 1 is 1.23 bits per heavy atom. The van der Waals surface area contributed by atoms with E-state index in [4.69, 9.17) is 18.9 Å². The molecule has 168 valence electrons. The summed E-state index contributed by atoms with van der Waals surface area (Å²) in [6.45, 7) is 20.1. The fraction of sp³-hybridized carbons (Fsp3) is 0.520. The van der Waals surface area contributed by atoms with E-state index in [0.717, 1.165) is 52.4 Å². The maximum atomic E-state index is 6.33. The van der Waals surface area contributed by atoms with Gasteiger partial charge in [0.05, 0.1) is 37.5 Å². The lowest BCUT2D eigenvalue weighted by atomic mass is 9.90. The summed E-state index contributed by atoms with van der Waals surface area (Å²) in [6.07, 6.45) is 5.39. The van der Waals surface area contributed by atoms with E-state index in [1.165, 1.54) is 0 Å². The van der Waals surface area contributed by atoms with Gasteiger partial charge in [0.25, 0.3) is 0 Å². The van der Waals surface area contributed by atoms with E-state index < -0.39 is 8.32 Å². The number of rotatable bonds is 6. The predicted octanol–water partition coefficient (Wildman–Crippen LogP) is 6.29. The van der Waals surface area contributed by atoms with Gasteiger partial charge >= 0.3 is 0 Å². The van der Waals surface area contributed by atoms with Crippen molar-refractivity contribution in [3.8, 4) is 22.8 Å². The topological polar surface area (TPSA) is 53.5 Å². The third-order valence-corrected chi connectivity index (χ3v) is 11.0. The van der Waals surface area contributed by atoms with Gasteiger partial charge in [-0.2, -0.15) is 0 Å². The van der Waals surface area contributed by atoms with Gasteiger partial charge in [0, 0.05) is 11.1 Å². The van der Waals surface area contributed by atoms with Crippen molar-refractivity contribution in [3.05, 3.63) is 42.4 Å². The zero-order chi connectivity index (χ0) is 23.0. The lowest BCUT2D eigenvalue weighted by Crippen LogP contribution is -2.41. The van der Waals surface area contributed by atoms with E-state index in [1.807, 2.05) is 12.1 Å². The van der Waals surface area contributed by atoms with Crippen LogP contribution in [0.5, 0.6) is 11.5 Å². The smallest absolute Gasteiger partial charge is 0.192 e. The largest absolute Gasteiger partial charge is 0.493 e. The number of aromatic nitrogens is 2. The van der Waals surface area contributed by atoms with Crippen LogP contribution in [0.3, 0.4) is 0 Å². The molecule has 6 heteroatoms.